The molecule has 0 aromatic heterocycles. The minimum Gasteiger partial charge on any atom is -0.391 e. The third-order valence-corrected chi connectivity index (χ3v) is 5.79. The lowest BCUT2D eigenvalue weighted by atomic mass is 9.79. The van der Waals surface area contributed by atoms with Crippen molar-refractivity contribution < 1.29 is 9.84 Å². The van der Waals surface area contributed by atoms with E-state index in [0.717, 1.165) is 25.5 Å². The van der Waals surface area contributed by atoms with Crippen LogP contribution in [0.4, 0.5) is 0 Å². The van der Waals surface area contributed by atoms with E-state index in [9.17, 15) is 5.11 Å². The molecule has 0 radical (unpaired) electrons. The Morgan fingerprint density at radius 3 is 2.80 bits per heavy atom. The van der Waals surface area contributed by atoms with Gasteiger partial charge in [-0.3, -0.25) is 4.90 Å². The van der Waals surface area contributed by atoms with Crippen molar-refractivity contribution in [2.24, 2.45) is 5.92 Å². The number of ether oxygens (including phenoxy) is 1. The van der Waals surface area contributed by atoms with Crippen LogP contribution in [0.15, 0.2) is 0 Å². The van der Waals surface area contributed by atoms with Crippen LogP contribution in [0.25, 0.3) is 0 Å². The fraction of sp³-hybridized carbons (Fsp3) is 1.00. The van der Waals surface area contributed by atoms with Gasteiger partial charge in [0.25, 0.3) is 0 Å². The van der Waals surface area contributed by atoms with Gasteiger partial charge in [0.05, 0.1) is 18.8 Å². The molecule has 3 aliphatic rings. The molecule has 2 aliphatic carbocycles. The summed E-state index contributed by atoms with van der Waals surface area (Å²) in [7, 11) is 0. The lowest BCUT2D eigenvalue weighted by molar-refractivity contribution is -0.128. The third kappa shape index (κ3) is 3.05. The predicted octanol–water partition coefficient (Wildman–Crippen LogP) is 2.96. The Bertz CT molecular complexity index is 307. The lowest BCUT2D eigenvalue weighted by Gasteiger charge is -2.50. The van der Waals surface area contributed by atoms with Gasteiger partial charge in [0.2, 0.25) is 0 Å². The van der Waals surface area contributed by atoms with Crippen molar-refractivity contribution >= 4 is 0 Å². The molecule has 3 nitrogen and oxygen atoms in total. The smallest absolute Gasteiger partial charge is 0.0731 e. The number of rotatable bonds is 3. The molecule has 5 atom stereocenters. The van der Waals surface area contributed by atoms with Crippen molar-refractivity contribution in [3.63, 3.8) is 0 Å². The molecule has 0 aromatic rings. The number of nitrogens with zero attached hydrogens (tertiary/aromatic N) is 1. The first-order valence-corrected chi connectivity index (χ1v) is 8.85. The summed E-state index contributed by atoms with van der Waals surface area (Å²) in [5, 5.41) is 10.5. The summed E-state index contributed by atoms with van der Waals surface area (Å²) in [6.07, 6.45) is 11.5. The molecular formula is C17H31NO2. The molecule has 0 bridgehead atoms. The topological polar surface area (TPSA) is 32.7 Å². The van der Waals surface area contributed by atoms with E-state index in [-0.39, 0.29) is 6.10 Å². The van der Waals surface area contributed by atoms with Crippen molar-refractivity contribution in [1.82, 2.24) is 4.90 Å². The standard InChI is InChI=1S/C17H31NO2/c1-2-5-13-8-9-16(19)15(12-13)18-10-11-20-17-7-4-3-6-14(17)18/h13-17,19H,2-12H2,1H3. The number of morpholine rings is 1. The Balaban J connectivity index is 1.68. The molecule has 3 fully saturated rings. The second-order valence-corrected chi connectivity index (χ2v) is 7.10. The van der Waals surface area contributed by atoms with Crippen LogP contribution in [-0.2, 0) is 4.74 Å². The van der Waals surface area contributed by atoms with E-state index in [1.807, 2.05) is 0 Å². The first-order chi connectivity index (χ1) is 9.79. The van der Waals surface area contributed by atoms with Crippen LogP contribution in [0.5, 0.6) is 0 Å². The van der Waals surface area contributed by atoms with Crippen molar-refractivity contribution in [3.05, 3.63) is 0 Å². The fourth-order valence-electron chi connectivity index (χ4n) is 4.78. The summed E-state index contributed by atoms with van der Waals surface area (Å²) in [4.78, 5) is 2.64. The van der Waals surface area contributed by atoms with E-state index in [1.54, 1.807) is 0 Å². The highest BCUT2D eigenvalue weighted by Crippen LogP contribution is 2.36. The van der Waals surface area contributed by atoms with Crippen molar-refractivity contribution in [2.75, 3.05) is 13.2 Å². The number of aliphatic hydroxyl groups excluding tert-OH is 1. The van der Waals surface area contributed by atoms with Gasteiger partial charge in [0.1, 0.15) is 0 Å². The highest BCUT2D eigenvalue weighted by molar-refractivity contribution is 4.95. The van der Waals surface area contributed by atoms with Crippen LogP contribution >= 0.6 is 0 Å². The molecule has 0 amide bonds. The lowest BCUT2D eigenvalue weighted by Crippen LogP contribution is -2.60. The van der Waals surface area contributed by atoms with Crippen molar-refractivity contribution in [2.45, 2.75) is 89.0 Å². The Hall–Kier alpha value is -0.120. The largest absolute Gasteiger partial charge is 0.391 e. The molecule has 2 saturated carbocycles. The minimum atomic E-state index is -0.108. The van der Waals surface area contributed by atoms with Crippen molar-refractivity contribution in [3.8, 4) is 0 Å². The minimum absolute atomic E-state index is 0.108. The van der Waals surface area contributed by atoms with Crippen molar-refractivity contribution in [1.29, 1.82) is 0 Å². The summed E-state index contributed by atoms with van der Waals surface area (Å²) >= 11 is 0. The molecule has 116 valence electrons. The fourth-order valence-corrected chi connectivity index (χ4v) is 4.78. The van der Waals surface area contributed by atoms with Gasteiger partial charge in [-0.1, -0.05) is 32.6 Å². The van der Waals surface area contributed by atoms with Crippen LogP contribution in [0.1, 0.15) is 64.7 Å². The number of aliphatic hydroxyl groups is 1. The van der Waals surface area contributed by atoms with Gasteiger partial charge in [0.15, 0.2) is 0 Å². The molecule has 3 heteroatoms. The summed E-state index contributed by atoms with van der Waals surface area (Å²) < 4.78 is 5.99. The van der Waals surface area contributed by atoms with Gasteiger partial charge in [-0.2, -0.15) is 0 Å². The molecule has 5 unspecified atom stereocenters. The van der Waals surface area contributed by atoms with Gasteiger partial charge in [-0.15, -0.1) is 0 Å². The summed E-state index contributed by atoms with van der Waals surface area (Å²) in [6, 6.07) is 0.979. The van der Waals surface area contributed by atoms with Crippen LogP contribution in [-0.4, -0.2) is 47.4 Å². The normalized spacial score (nSPS) is 43.2. The van der Waals surface area contributed by atoms with Crippen LogP contribution in [0.2, 0.25) is 0 Å². The van der Waals surface area contributed by atoms with Gasteiger partial charge in [-0.05, 0) is 38.0 Å². The molecule has 3 rings (SSSR count). The van der Waals surface area contributed by atoms with Crippen LogP contribution in [0.3, 0.4) is 0 Å². The Kier molecular flexibility index (Phi) is 5.00. The highest BCUT2D eigenvalue weighted by atomic mass is 16.5. The average Bonchev–Trinajstić information content (AvgIpc) is 2.49. The zero-order chi connectivity index (χ0) is 13.9. The number of hydrogen-bond donors (Lipinski definition) is 1. The van der Waals surface area contributed by atoms with E-state index < -0.39 is 0 Å². The first kappa shape index (κ1) is 14.8. The maximum absolute atomic E-state index is 10.5. The zero-order valence-electron chi connectivity index (χ0n) is 13.0. The summed E-state index contributed by atoms with van der Waals surface area (Å²) in [5.41, 5.74) is 0. The van der Waals surface area contributed by atoms with Gasteiger partial charge < -0.3 is 9.84 Å². The Labute approximate surface area is 123 Å². The van der Waals surface area contributed by atoms with E-state index in [2.05, 4.69) is 11.8 Å². The molecule has 0 spiro atoms. The van der Waals surface area contributed by atoms with E-state index in [0.29, 0.717) is 18.2 Å². The Morgan fingerprint density at radius 2 is 1.95 bits per heavy atom. The molecule has 0 aromatic carbocycles. The molecule has 1 aliphatic heterocycles. The zero-order valence-corrected chi connectivity index (χ0v) is 13.0. The molecule has 20 heavy (non-hydrogen) atoms. The Morgan fingerprint density at radius 1 is 1.10 bits per heavy atom. The predicted molar refractivity (Wildman–Crippen MR) is 80.7 cm³/mol. The maximum Gasteiger partial charge on any atom is 0.0731 e. The quantitative estimate of drug-likeness (QED) is 0.863. The highest BCUT2D eigenvalue weighted by Gasteiger charge is 2.41. The maximum atomic E-state index is 10.5. The van der Waals surface area contributed by atoms with Crippen LogP contribution < -0.4 is 0 Å². The van der Waals surface area contributed by atoms with Gasteiger partial charge in [-0.25, -0.2) is 0 Å². The van der Waals surface area contributed by atoms with E-state index in [4.69, 9.17) is 4.74 Å². The third-order valence-electron chi connectivity index (χ3n) is 5.79. The second-order valence-electron chi connectivity index (χ2n) is 7.10. The van der Waals surface area contributed by atoms with Gasteiger partial charge in [0, 0.05) is 18.6 Å². The second kappa shape index (κ2) is 6.76. The SMILES string of the molecule is CCCC1CCC(O)C(N2CCOC3CCCCC32)C1. The summed E-state index contributed by atoms with van der Waals surface area (Å²) in [5.74, 6) is 0.832. The monoisotopic (exact) mass is 281 g/mol. The van der Waals surface area contributed by atoms with E-state index >= 15 is 0 Å². The van der Waals surface area contributed by atoms with E-state index in [1.165, 1.54) is 51.4 Å². The molecule has 1 saturated heterocycles. The molecular weight excluding hydrogens is 250 g/mol. The molecule has 1 heterocycles. The van der Waals surface area contributed by atoms with Crippen LogP contribution in [0, 0.1) is 5.92 Å². The average molecular weight is 281 g/mol. The first-order valence-electron chi connectivity index (χ1n) is 8.85. The van der Waals surface area contributed by atoms with Gasteiger partial charge >= 0.3 is 0 Å². The summed E-state index contributed by atoms with van der Waals surface area (Å²) in [6.45, 7) is 4.18. The number of hydrogen-bond acceptors (Lipinski definition) is 3. The molecule has 1 N–H and O–H groups in total. The number of fused-ring (bicyclic) bond motifs is 1.